The molecule has 0 bridgehead atoms. The number of carbonyl (C=O) groups excluding carboxylic acids is 3. The quantitative estimate of drug-likeness (QED) is 0.640. The lowest BCUT2D eigenvalue weighted by Crippen LogP contribution is -2.28. The molecule has 0 saturated carbocycles. The average Bonchev–Trinajstić information content (AvgIpc) is 2.90. The number of nitrogens with one attached hydrogen (secondary N) is 3. The molecular weight excluding hydrogens is 350 g/mol. The molecule has 9 nitrogen and oxygen atoms in total. The van der Waals surface area contributed by atoms with E-state index in [4.69, 9.17) is 19.6 Å². The van der Waals surface area contributed by atoms with Gasteiger partial charge in [-0.25, -0.2) is 4.79 Å². The number of anilines is 1. The van der Waals surface area contributed by atoms with E-state index in [1.54, 1.807) is 0 Å². The number of ether oxygens (including phenoxy) is 3. The number of hydrogen-bond acceptors (Lipinski definition) is 8. The highest BCUT2D eigenvalue weighted by atomic mass is 32.2. The molecule has 1 fully saturated rings. The van der Waals surface area contributed by atoms with E-state index in [0.717, 1.165) is 11.8 Å². The Morgan fingerprint density at radius 2 is 1.88 bits per heavy atom. The number of benzene rings is 1. The van der Waals surface area contributed by atoms with Gasteiger partial charge in [-0.2, -0.15) is 0 Å². The van der Waals surface area contributed by atoms with Crippen molar-refractivity contribution in [1.82, 2.24) is 5.32 Å². The summed E-state index contributed by atoms with van der Waals surface area (Å²) < 4.78 is 15.0. The first-order valence-electron chi connectivity index (χ1n) is 7.09. The van der Waals surface area contributed by atoms with E-state index in [1.807, 2.05) is 0 Å². The van der Waals surface area contributed by atoms with Crippen molar-refractivity contribution in [2.75, 3.05) is 26.6 Å². The number of thioether (sulfide) groups is 1. The van der Waals surface area contributed by atoms with Crippen molar-refractivity contribution < 1.29 is 28.6 Å². The lowest BCUT2D eigenvalue weighted by atomic mass is 10.1. The lowest BCUT2D eigenvalue weighted by molar-refractivity contribution is -0.122. The van der Waals surface area contributed by atoms with Gasteiger partial charge in [0.2, 0.25) is 11.8 Å². The maximum absolute atomic E-state index is 12.2. The molecule has 25 heavy (non-hydrogen) atoms. The second-order valence-electron chi connectivity index (χ2n) is 4.92. The SMILES string of the molecule is COC(=O)c1cc(OC)c(OC)cc1NC(=O)CC1SC(=N)NC1=O. The van der Waals surface area contributed by atoms with Crippen LogP contribution in [-0.2, 0) is 14.3 Å². The van der Waals surface area contributed by atoms with Gasteiger partial charge in [0, 0.05) is 18.6 Å². The van der Waals surface area contributed by atoms with E-state index in [0.29, 0.717) is 11.5 Å². The van der Waals surface area contributed by atoms with Gasteiger partial charge in [0.1, 0.15) is 5.25 Å². The van der Waals surface area contributed by atoms with Crippen molar-refractivity contribution in [2.45, 2.75) is 11.7 Å². The standard InChI is InChI=1S/C15H17N3O6S/c1-22-9-4-7(14(21)24-3)8(5-10(9)23-2)17-12(19)6-11-13(20)18-15(16)25-11/h4-5,11H,6H2,1-3H3,(H,17,19)(H2,16,18,20). The van der Waals surface area contributed by atoms with Gasteiger partial charge in [0.25, 0.3) is 0 Å². The zero-order valence-corrected chi connectivity index (χ0v) is 14.6. The molecule has 2 rings (SSSR count). The van der Waals surface area contributed by atoms with Crippen molar-refractivity contribution in [3.8, 4) is 11.5 Å². The maximum Gasteiger partial charge on any atom is 0.340 e. The van der Waals surface area contributed by atoms with Gasteiger partial charge in [-0.05, 0) is 0 Å². The summed E-state index contributed by atoms with van der Waals surface area (Å²) in [7, 11) is 4.06. The van der Waals surface area contributed by atoms with E-state index in [2.05, 4.69) is 10.6 Å². The molecule has 0 radical (unpaired) electrons. The van der Waals surface area contributed by atoms with E-state index >= 15 is 0 Å². The number of carbonyl (C=O) groups is 3. The van der Waals surface area contributed by atoms with Crippen LogP contribution < -0.4 is 20.1 Å². The summed E-state index contributed by atoms with van der Waals surface area (Å²) in [6, 6.07) is 2.83. The van der Waals surface area contributed by atoms with Crippen LogP contribution in [-0.4, -0.2) is 49.5 Å². The Bertz CT molecular complexity index is 736. The summed E-state index contributed by atoms with van der Waals surface area (Å²) in [5.41, 5.74) is 0.262. The van der Waals surface area contributed by atoms with Crippen molar-refractivity contribution >= 4 is 40.4 Å². The fourth-order valence-electron chi connectivity index (χ4n) is 2.18. The Balaban J connectivity index is 2.24. The molecule has 1 unspecified atom stereocenters. The summed E-state index contributed by atoms with van der Waals surface area (Å²) in [6.45, 7) is 0. The van der Waals surface area contributed by atoms with Gasteiger partial charge in [-0.3, -0.25) is 15.0 Å². The molecule has 1 saturated heterocycles. The minimum Gasteiger partial charge on any atom is -0.493 e. The molecule has 134 valence electrons. The zero-order chi connectivity index (χ0) is 18.6. The molecular formula is C15H17N3O6S. The molecule has 0 spiro atoms. The minimum atomic E-state index is -0.686. The van der Waals surface area contributed by atoms with E-state index < -0.39 is 23.0 Å². The van der Waals surface area contributed by atoms with Crippen LogP contribution in [0.5, 0.6) is 11.5 Å². The van der Waals surface area contributed by atoms with Gasteiger partial charge in [0.05, 0.1) is 32.6 Å². The van der Waals surface area contributed by atoms with Crippen LogP contribution in [0.1, 0.15) is 16.8 Å². The molecule has 1 atom stereocenters. The summed E-state index contributed by atoms with van der Waals surface area (Å²) in [6.07, 6.45) is -0.145. The molecule has 1 aliphatic heterocycles. The van der Waals surface area contributed by atoms with E-state index in [9.17, 15) is 14.4 Å². The van der Waals surface area contributed by atoms with Crippen LogP contribution in [0.2, 0.25) is 0 Å². The van der Waals surface area contributed by atoms with Crippen LogP contribution in [0, 0.1) is 5.41 Å². The highest BCUT2D eigenvalue weighted by molar-refractivity contribution is 8.15. The molecule has 1 aliphatic rings. The minimum absolute atomic E-state index is 0.00386. The highest BCUT2D eigenvalue weighted by Gasteiger charge is 2.31. The topological polar surface area (TPSA) is 127 Å². The summed E-state index contributed by atoms with van der Waals surface area (Å²) in [5, 5.41) is 11.6. The monoisotopic (exact) mass is 367 g/mol. The summed E-state index contributed by atoms with van der Waals surface area (Å²) in [5.74, 6) is -0.920. The average molecular weight is 367 g/mol. The summed E-state index contributed by atoms with van der Waals surface area (Å²) in [4.78, 5) is 35.8. The van der Waals surface area contributed by atoms with Gasteiger partial charge in [-0.1, -0.05) is 11.8 Å². The van der Waals surface area contributed by atoms with Crippen molar-refractivity contribution in [2.24, 2.45) is 0 Å². The van der Waals surface area contributed by atoms with Gasteiger partial charge in [0.15, 0.2) is 16.7 Å². The normalized spacial score (nSPS) is 16.2. The molecule has 10 heteroatoms. The first-order valence-corrected chi connectivity index (χ1v) is 7.97. The molecule has 3 N–H and O–H groups in total. The second-order valence-corrected chi connectivity index (χ2v) is 6.13. The number of rotatable bonds is 6. The third kappa shape index (κ3) is 4.21. The van der Waals surface area contributed by atoms with Gasteiger partial charge in [-0.15, -0.1) is 0 Å². The van der Waals surface area contributed by atoms with E-state index in [-0.39, 0.29) is 22.8 Å². The Morgan fingerprint density at radius 3 is 2.40 bits per heavy atom. The Labute approximate surface area is 147 Å². The van der Waals surface area contributed by atoms with Gasteiger partial charge >= 0.3 is 5.97 Å². The first kappa shape index (κ1) is 18.6. The molecule has 2 amide bonds. The summed E-state index contributed by atoms with van der Waals surface area (Å²) >= 11 is 0.967. The van der Waals surface area contributed by atoms with Crippen LogP contribution in [0.15, 0.2) is 12.1 Å². The highest BCUT2D eigenvalue weighted by Crippen LogP contribution is 2.34. The molecule has 1 aromatic carbocycles. The van der Waals surface area contributed by atoms with Crippen molar-refractivity contribution in [3.05, 3.63) is 17.7 Å². The Kier molecular flexibility index (Phi) is 5.86. The van der Waals surface area contributed by atoms with Crippen LogP contribution in [0.25, 0.3) is 0 Å². The Morgan fingerprint density at radius 1 is 1.24 bits per heavy atom. The number of amidine groups is 1. The lowest BCUT2D eigenvalue weighted by Gasteiger charge is -2.15. The molecule has 0 aliphatic carbocycles. The third-order valence-corrected chi connectivity index (χ3v) is 4.37. The predicted octanol–water partition coefficient (Wildman–Crippen LogP) is 0.985. The maximum atomic E-state index is 12.2. The smallest absolute Gasteiger partial charge is 0.340 e. The molecule has 0 aromatic heterocycles. The largest absolute Gasteiger partial charge is 0.493 e. The van der Waals surface area contributed by atoms with Crippen LogP contribution >= 0.6 is 11.8 Å². The van der Waals surface area contributed by atoms with Crippen molar-refractivity contribution in [1.29, 1.82) is 5.41 Å². The number of methoxy groups -OCH3 is 3. The van der Waals surface area contributed by atoms with E-state index in [1.165, 1.54) is 33.5 Å². The Hall–Kier alpha value is -2.75. The molecule has 1 heterocycles. The van der Waals surface area contributed by atoms with Crippen LogP contribution in [0.3, 0.4) is 0 Å². The van der Waals surface area contributed by atoms with Gasteiger partial charge < -0.3 is 24.8 Å². The first-order chi connectivity index (χ1) is 11.9. The predicted molar refractivity (Wildman–Crippen MR) is 91.4 cm³/mol. The zero-order valence-electron chi connectivity index (χ0n) is 13.8. The van der Waals surface area contributed by atoms with Crippen molar-refractivity contribution in [3.63, 3.8) is 0 Å². The molecule has 1 aromatic rings. The number of hydrogen-bond donors (Lipinski definition) is 3. The third-order valence-electron chi connectivity index (χ3n) is 3.36. The van der Waals surface area contributed by atoms with Crippen LogP contribution in [0.4, 0.5) is 5.69 Å². The fraction of sp³-hybridized carbons (Fsp3) is 0.333. The number of amides is 2. The number of esters is 1. The fourth-order valence-corrected chi connectivity index (χ4v) is 3.03. The second kappa shape index (κ2) is 7.88.